The Morgan fingerprint density at radius 1 is 1.29 bits per heavy atom. The predicted molar refractivity (Wildman–Crippen MR) is 68.2 cm³/mol. The summed E-state index contributed by atoms with van der Waals surface area (Å²) < 4.78 is 2.09. The highest BCUT2D eigenvalue weighted by molar-refractivity contribution is 5.53. The standard InChI is InChI=1S/C13H18N4/c1-2-12(13-10-15-11-17(13)6-1)3-7-16-8-4-14-5-9-16/h1-2,6,10-11,14H,3-5,7-9H2. The van der Waals surface area contributed by atoms with E-state index in [1.54, 1.807) is 0 Å². The quantitative estimate of drug-likeness (QED) is 0.846. The molecule has 1 saturated heterocycles. The fraction of sp³-hybridized carbons (Fsp3) is 0.462. The number of rotatable bonds is 3. The van der Waals surface area contributed by atoms with E-state index in [2.05, 4.69) is 37.9 Å². The molecule has 3 rings (SSSR count). The molecule has 0 spiro atoms. The molecule has 2 aromatic heterocycles. The molecule has 4 heteroatoms. The van der Waals surface area contributed by atoms with Gasteiger partial charge in [0.1, 0.15) is 0 Å². The van der Waals surface area contributed by atoms with Crippen LogP contribution in [0.2, 0.25) is 0 Å². The van der Waals surface area contributed by atoms with Gasteiger partial charge in [-0.3, -0.25) is 0 Å². The number of nitrogens with one attached hydrogen (secondary N) is 1. The van der Waals surface area contributed by atoms with Gasteiger partial charge in [-0.2, -0.15) is 0 Å². The summed E-state index contributed by atoms with van der Waals surface area (Å²) in [5.41, 5.74) is 2.63. The van der Waals surface area contributed by atoms with E-state index in [0.717, 1.165) is 26.1 Å². The highest BCUT2D eigenvalue weighted by Gasteiger charge is 2.10. The first kappa shape index (κ1) is 10.7. The van der Waals surface area contributed by atoms with Crippen LogP contribution in [0.3, 0.4) is 0 Å². The maximum absolute atomic E-state index is 4.20. The second kappa shape index (κ2) is 4.85. The molecule has 1 aliphatic rings. The number of pyridine rings is 1. The van der Waals surface area contributed by atoms with Crippen LogP contribution in [0.15, 0.2) is 30.9 Å². The molecule has 0 atom stereocenters. The SMILES string of the molecule is c1cc(CCN2CCNCC2)c2cncn2c1. The van der Waals surface area contributed by atoms with Crippen molar-refractivity contribution in [3.8, 4) is 0 Å². The van der Waals surface area contributed by atoms with Crippen LogP contribution in [-0.4, -0.2) is 47.0 Å². The highest BCUT2D eigenvalue weighted by atomic mass is 15.2. The number of nitrogens with zero attached hydrogens (tertiary/aromatic N) is 3. The van der Waals surface area contributed by atoms with Crippen molar-refractivity contribution in [3.63, 3.8) is 0 Å². The third-order valence-corrected chi connectivity index (χ3v) is 3.45. The lowest BCUT2D eigenvalue weighted by atomic mass is 10.1. The Bertz CT molecular complexity index is 485. The summed E-state index contributed by atoms with van der Waals surface area (Å²) in [7, 11) is 0. The average Bonchev–Trinajstić information content (AvgIpc) is 2.86. The number of fused-ring (bicyclic) bond motifs is 1. The minimum atomic E-state index is 1.11. The Hall–Kier alpha value is -1.39. The Kier molecular flexibility index (Phi) is 3.07. The van der Waals surface area contributed by atoms with Crippen molar-refractivity contribution >= 4 is 5.52 Å². The zero-order chi connectivity index (χ0) is 11.5. The Balaban J connectivity index is 1.69. The second-order valence-corrected chi connectivity index (χ2v) is 4.56. The summed E-state index contributed by atoms with van der Waals surface area (Å²) in [4.78, 5) is 6.72. The van der Waals surface area contributed by atoms with Gasteiger partial charge in [-0.15, -0.1) is 0 Å². The smallest absolute Gasteiger partial charge is 0.0992 e. The molecule has 1 aliphatic heterocycles. The normalized spacial score (nSPS) is 17.6. The molecule has 2 aromatic rings. The zero-order valence-corrected chi connectivity index (χ0v) is 9.97. The molecule has 0 amide bonds. The zero-order valence-electron chi connectivity index (χ0n) is 9.97. The fourth-order valence-corrected chi connectivity index (χ4v) is 2.43. The van der Waals surface area contributed by atoms with E-state index < -0.39 is 0 Å². The topological polar surface area (TPSA) is 32.6 Å². The lowest BCUT2D eigenvalue weighted by Gasteiger charge is -2.27. The largest absolute Gasteiger partial charge is 0.314 e. The molecular weight excluding hydrogens is 212 g/mol. The van der Waals surface area contributed by atoms with Gasteiger partial charge in [-0.05, 0) is 18.1 Å². The Morgan fingerprint density at radius 2 is 2.18 bits per heavy atom. The third-order valence-electron chi connectivity index (χ3n) is 3.45. The summed E-state index contributed by atoms with van der Waals surface area (Å²) in [6.45, 7) is 5.73. The van der Waals surface area contributed by atoms with Crippen LogP contribution in [-0.2, 0) is 6.42 Å². The first-order valence-corrected chi connectivity index (χ1v) is 6.26. The second-order valence-electron chi connectivity index (χ2n) is 4.56. The molecule has 17 heavy (non-hydrogen) atoms. The molecule has 3 heterocycles. The van der Waals surface area contributed by atoms with E-state index >= 15 is 0 Å². The van der Waals surface area contributed by atoms with Crippen molar-refractivity contribution in [3.05, 3.63) is 36.4 Å². The molecular formula is C13H18N4. The van der Waals surface area contributed by atoms with Gasteiger partial charge in [-0.25, -0.2) is 4.98 Å². The van der Waals surface area contributed by atoms with E-state index in [4.69, 9.17) is 0 Å². The molecule has 0 aromatic carbocycles. The van der Waals surface area contributed by atoms with E-state index in [0.29, 0.717) is 0 Å². The van der Waals surface area contributed by atoms with Crippen LogP contribution in [0.5, 0.6) is 0 Å². The lowest BCUT2D eigenvalue weighted by Crippen LogP contribution is -2.44. The lowest BCUT2D eigenvalue weighted by molar-refractivity contribution is 0.244. The van der Waals surface area contributed by atoms with Crippen molar-refractivity contribution < 1.29 is 0 Å². The number of hydrogen-bond acceptors (Lipinski definition) is 3. The summed E-state index contributed by atoms with van der Waals surface area (Å²) in [5, 5.41) is 3.38. The average molecular weight is 230 g/mol. The van der Waals surface area contributed by atoms with E-state index in [-0.39, 0.29) is 0 Å². The minimum Gasteiger partial charge on any atom is -0.314 e. The molecule has 1 fully saturated rings. The first-order chi connectivity index (χ1) is 8.43. The molecule has 0 unspecified atom stereocenters. The predicted octanol–water partition coefficient (Wildman–Crippen LogP) is 0.782. The molecule has 0 aliphatic carbocycles. The first-order valence-electron chi connectivity index (χ1n) is 6.26. The monoisotopic (exact) mass is 230 g/mol. The van der Waals surface area contributed by atoms with Gasteiger partial charge in [0.15, 0.2) is 0 Å². The third kappa shape index (κ3) is 2.33. The van der Waals surface area contributed by atoms with E-state index in [1.165, 1.54) is 24.2 Å². The molecule has 0 radical (unpaired) electrons. The van der Waals surface area contributed by atoms with Crippen LogP contribution in [0, 0.1) is 0 Å². The van der Waals surface area contributed by atoms with Crippen LogP contribution < -0.4 is 5.32 Å². The highest BCUT2D eigenvalue weighted by Crippen LogP contribution is 2.11. The van der Waals surface area contributed by atoms with Gasteiger partial charge in [0.25, 0.3) is 0 Å². The van der Waals surface area contributed by atoms with E-state index in [9.17, 15) is 0 Å². The van der Waals surface area contributed by atoms with Gasteiger partial charge >= 0.3 is 0 Å². The minimum absolute atomic E-state index is 1.11. The molecule has 1 N–H and O–H groups in total. The molecule has 0 saturated carbocycles. The van der Waals surface area contributed by atoms with E-state index in [1.807, 2.05) is 12.5 Å². The molecule has 0 bridgehead atoms. The number of aromatic nitrogens is 2. The van der Waals surface area contributed by atoms with Gasteiger partial charge in [-0.1, -0.05) is 6.07 Å². The van der Waals surface area contributed by atoms with Crippen LogP contribution in [0.4, 0.5) is 0 Å². The molecule has 4 nitrogen and oxygen atoms in total. The van der Waals surface area contributed by atoms with Crippen molar-refractivity contribution in [2.24, 2.45) is 0 Å². The Morgan fingerprint density at radius 3 is 3.06 bits per heavy atom. The van der Waals surface area contributed by atoms with Gasteiger partial charge in [0.2, 0.25) is 0 Å². The summed E-state index contributed by atoms with van der Waals surface area (Å²) in [6, 6.07) is 4.31. The van der Waals surface area contributed by atoms with Crippen LogP contribution >= 0.6 is 0 Å². The number of imidazole rings is 1. The van der Waals surface area contributed by atoms with Gasteiger partial charge < -0.3 is 14.6 Å². The van der Waals surface area contributed by atoms with Crippen LogP contribution in [0.1, 0.15) is 5.56 Å². The van der Waals surface area contributed by atoms with Crippen LogP contribution in [0.25, 0.3) is 5.52 Å². The van der Waals surface area contributed by atoms with Crippen molar-refractivity contribution in [2.75, 3.05) is 32.7 Å². The van der Waals surface area contributed by atoms with Crippen molar-refractivity contribution in [1.82, 2.24) is 19.6 Å². The maximum atomic E-state index is 4.20. The summed E-state index contributed by atoms with van der Waals surface area (Å²) >= 11 is 0. The van der Waals surface area contributed by atoms with Gasteiger partial charge in [0.05, 0.1) is 18.0 Å². The Labute approximate surface area is 101 Å². The summed E-state index contributed by atoms with van der Waals surface area (Å²) in [5.74, 6) is 0. The van der Waals surface area contributed by atoms with Crippen molar-refractivity contribution in [2.45, 2.75) is 6.42 Å². The summed E-state index contributed by atoms with van der Waals surface area (Å²) in [6.07, 6.45) is 6.98. The molecule has 90 valence electrons. The van der Waals surface area contributed by atoms with Gasteiger partial charge in [0, 0.05) is 38.9 Å². The maximum Gasteiger partial charge on any atom is 0.0992 e. The number of piperazine rings is 1. The van der Waals surface area contributed by atoms with Crippen molar-refractivity contribution in [1.29, 1.82) is 0 Å². The number of hydrogen-bond donors (Lipinski definition) is 1. The fourth-order valence-electron chi connectivity index (χ4n) is 2.43.